The van der Waals surface area contributed by atoms with Crippen molar-refractivity contribution in [2.24, 2.45) is 5.10 Å². The highest BCUT2D eigenvalue weighted by molar-refractivity contribution is 6.18. The molecule has 0 spiro atoms. The van der Waals surface area contributed by atoms with E-state index in [0.717, 1.165) is 11.3 Å². The maximum absolute atomic E-state index is 11.6. The lowest BCUT2D eigenvalue weighted by Gasteiger charge is -2.27. The molecule has 9 heteroatoms. The molecule has 1 aromatic carbocycles. The van der Waals surface area contributed by atoms with Gasteiger partial charge in [-0.15, -0.1) is 23.2 Å². The van der Waals surface area contributed by atoms with E-state index >= 15 is 0 Å². The topological polar surface area (TPSA) is 66.4 Å². The van der Waals surface area contributed by atoms with Crippen LogP contribution in [0.2, 0.25) is 0 Å². The Morgan fingerprint density at radius 3 is 2.12 bits per heavy atom. The Morgan fingerprint density at radius 1 is 1.15 bits per heavy atom. The molecule has 0 saturated heterocycles. The fraction of sp³-hybridized carbons (Fsp3) is 0.529. The van der Waals surface area contributed by atoms with Crippen LogP contribution in [0.5, 0.6) is 11.5 Å². The molecule has 0 fully saturated rings. The minimum Gasteiger partial charge on any atom is -0.494 e. The Labute approximate surface area is 164 Å². The van der Waals surface area contributed by atoms with Gasteiger partial charge in [-0.3, -0.25) is 4.79 Å². The Morgan fingerprint density at radius 2 is 1.69 bits per heavy atom. The van der Waals surface area contributed by atoms with Crippen molar-refractivity contribution in [2.45, 2.75) is 0 Å². The molecular formula is C17H26Cl2N4O3. The molecule has 0 aliphatic rings. The Kier molecular flexibility index (Phi) is 10.2. The van der Waals surface area contributed by atoms with Gasteiger partial charge < -0.3 is 19.3 Å². The molecule has 1 amide bonds. The van der Waals surface area contributed by atoms with Crippen LogP contribution in [0.1, 0.15) is 5.56 Å². The lowest BCUT2D eigenvalue weighted by Crippen LogP contribution is -2.30. The summed E-state index contributed by atoms with van der Waals surface area (Å²) in [4.78, 5) is 15.4. The first-order valence-corrected chi connectivity index (χ1v) is 9.13. The van der Waals surface area contributed by atoms with E-state index in [4.69, 9.17) is 32.7 Å². The van der Waals surface area contributed by atoms with Crippen LogP contribution in [-0.4, -0.2) is 76.7 Å². The summed E-state index contributed by atoms with van der Waals surface area (Å²) in [6, 6.07) is 3.63. The van der Waals surface area contributed by atoms with Gasteiger partial charge in [0.1, 0.15) is 17.2 Å². The minimum absolute atomic E-state index is 0.197. The van der Waals surface area contributed by atoms with Gasteiger partial charge in [0, 0.05) is 30.4 Å². The van der Waals surface area contributed by atoms with Gasteiger partial charge in [-0.2, -0.15) is 5.10 Å². The number of likely N-dealkylation sites (N-methyl/N-ethyl adjacent to an activating group) is 1. The first kappa shape index (κ1) is 22.3. The Balaban J connectivity index is 3.09. The first-order valence-electron chi connectivity index (χ1n) is 8.06. The second kappa shape index (κ2) is 11.8. The largest absolute Gasteiger partial charge is 0.494 e. The quantitative estimate of drug-likeness (QED) is 0.347. The number of hydrazone groups is 1. The van der Waals surface area contributed by atoms with Gasteiger partial charge in [0.15, 0.2) is 0 Å². The van der Waals surface area contributed by atoms with Gasteiger partial charge in [0.05, 0.1) is 27.0 Å². The summed E-state index contributed by atoms with van der Waals surface area (Å²) in [7, 11) is 6.78. The fourth-order valence-corrected chi connectivity index (χ4v) is 2.75. The smallest absolute Gasteiger partial charge is 0.254 e. The van der Waals surface area contributed by atoms with Crippen molar-refractivity contribution in [1.82, 2.24) is 10.3 Å². The highest BCUT2D eigenvalue weighted by Crippen LogP contribution is 2.39. The number of methoxy groups -OCH3 is 2. The maximum Gasteiger partial charge on any atom is 0.254 e. The van der Waals surface area contributed by atoms with Gasteiger partial charge in [-0.1, -0.05) is 0 Å². The number of benzene rings is 1. The highest BCUT2D eigenvalue weighted by Gasteiger charge is 2.18. The Hall–Kier alpha value is -1.70. The number of carbonyl (C=O) groups excluding carboxylic acids is 1. The second-order valence-electron chi connectivity index (χ2n) is 5.67. The maximum atomic E-state index is 11.6. The van der Waals surface area contributed by atoms with E-state index in [1.165, 1.54) is 6.21 Å². The van der Waals surface area contributed by atoms with Crippen molar-refractivity contribution in [2.75, 3.05) is 64.6 Å². The van der Waals surface area contributed by atoms with Crippen LogP contribution in [0, 0.1) is 0 Å². The molecule has 0 heterocycles. The molecule has 146 valence electrons. The number of ether oxygens (including phenoxy) is 2. The predicted octanol–water partition coefficient (Wildman–Crippen LogP) is 2.00. The van der Waals surface area contributed by atoms with Gasteiger partial charge >= 0.3 is 0 Å². The zero-order chi connectivity index (χ0) is 19.5. The van der Waals surface area contributed by atoms with E-state index in [2.05, 4.69) is 10.5 Å². The number of carbonyl (C=O) groups is 1. The lowest BCUT2D eigenvalue weighted by atomic mass is 10.1. The van der Waals surface area contributed by atoms with Gasteiger partial charge in [-0.25, -0.2) is 5.43 Å². The fourth-order valence-electron chi connectivity index (χ4n) is 2.34. The molecule has 0 saturated carbocycles. The van der Waals surface area contributed by atoms with Crippen molar-refractivity contribution < 1.29 is 14.3 Å². The van der Waals surface area contributed by atoms with E-state index in [9.17, 15) is 4.79 Å². The number of alkyl halides is 2. The third kappa shape index (κ3) is 6.90. The SMILES string of the molecule is COc1cc(/C=N/NC(=O)CN(C)C)cc(OC)c1N(CCCl)CCCl. The standard InChI is InChI=1S/C17H26Cl2N4O3/c1-22(2)12-16(24)21-20-11-13-9-14(25-3)17(15(10-13)26-4)23(7-5-18)8-6-19/h9-11H,5-8,12H2,1-4H3,(H,21,24)/b20-11+. The summed E-state index contributed by atoms with van der Waals surface area (Å²) in [5, 5.41) is 3.97. The number of halogens is 2. The molecule has 0 aliphatic heterocycles. The number of hydrogen-bond acceptors (Lipinski definition) is 6. The number of hydrogen-bond donors (Lipinski definition) is 1. The van der Waals surface area contributed by atoms with Crippen molar-refractivity contribution in [3.63, 3.8) is 0 Å². The van der Waals surface area contributed by atoms with Crippen molar-refractivity contribution in [3.8, 4) is 11.5 Å². The average molecular weight is 405 g/mol. The number of nitrogens with zero attached hydrogens (tertiary/aromatic N) is 3. The zero-order valence-electron chi connectivity index (χ0n) is 15.6. The molecule has 0 aliphatic carbocycles. The van der Waals surface area contributed by atoms with Crippen LogP contribution in [0.15, 0.2) is 17.2 Å². The van der Waals surface area contributed by atoms with Gasteiger partial charge in [-0.05, 0) is 26.2 Å². The summed E-state index contributed by atoms with van der Waals surface area (Å²) in [5.41, 5.74) is 3.99. The molecular weight excluding hydrogens is 379 g/mol. The molecule has 7 nitrogen and oxygen atoms in total. The summed E-state index contributed by atoms with van der Waals surface area (Å²) in [5.74, 6) is 1.92. The molecule has 1 rings (SSSR count). The summed E-state index contributed by atoms with van der Waals surface area (Å²) in [6.07, 6.45) is 1.54. The zero-order valence-corrected chi connectivity index (χ0v) is 17.1. The van der Waals surface area contributed by atoms with Crippen LogP contribution in [0.25, 0.3) is 0 Å². The van der Waals surface area contributed by atoms with Crippen LogP contribution in [0.3, 0.4) is 0 Å². The van der Waals surface area contributed by atoms with Crippen LogP contribution >= 0.6 is 23.2 Å². The van der Waals surface area contributed by atoms with Gasteiger partial charge in [0.2, 0.25) is 0 Å². The lowest BCUT2D eigenvalue weighted by molar-refractivity contribution is -0.121. The summed E-state index contributed by atoms with van der Waals surface area (Å²) < 4.78 is 11.0. The number of rotatable bonds is 11. The Bertz CT molecular complexity index is 581. The first-order chi connectivity index (χ1) is 12.5. The number of anilines is 1. The van der Waals surface area contributed by atoms with E-state index in [0.29, 0.717) is 36.3 Å². The monoisotopic (exact) mass is 404 g/mol. The third-order valence-electron chi connectivity index (χ3n) is 3.39. The van der Waals surface area contributed by atoms with Crippen molar-refractivity contribution >= 4 is 41.0 Å². The summed E-state index contributed by atoms with van der Waals surface area (Å²) in [6.45, 7) is 1.47. The number of nitrogens with one attached hydrogen (secondary N) is 1. The molecule has 1 N–H and O–H groups in total. The van der Waals surface area contributed by atoms with E-state index in [-0.39, 0.29) is 12.5 Å². The molecule has 0 unspecified atom stereocenters. The minimum atomic E-state index is -0.197. The second-order valence-corrected chi connectivity index (χ2v) is 6.43. The molecule has 0 atom stereocenters. The molecule has 0 aromatic heterocycles. The molecule has 1 aromatic rings. The van der Waals surface area contributed by atoms with E-state index in [1.54, 1.807) is 19.1 Å². The number of amides is 1. The van der Waals surface area contributed by atoms with Crippen LogP contribution in [0.4, 0.5) is 5.69 Å². The van der Waals surface area contributed by atoms with Crippen molar-refractivity contribution in [3.05, 3.63) is 17.7 Å². The van der Waals surface area contributed by atoms with Gasteiger partial charge in [0.25, 0.3) is 5.91 Å². The van der Waals surface area contributed by atoms with E-state index in [1.807, 2.05) is 31.1 Å². The normalized spacial score (nSPS) is 11.0. The molecule has 26 heavy (non-hydrogen) atoms. The van der Waals surface area contributed by atoms with Crippen LogP contribution < -0.4 is 19.8 Å². The third-order valence-corrected chi connectivity index (χ3v) is 3.73. The molecule has 0 radical (unpaired) electrons. The predicted molar refractivity (Wildman–Crippen MR) is 107 cm³/mol. The van der Waals surface area contributed by atoms with Crippen molar-refractivity contribution in [1.29, 1.82) is 0 Å². The van der Waals surface area contributed by atoms with E-state index < -0.39 is 0 Å². The summed E-state index contributed by atoms with van der Waals surface area (Å²) >= 11 is 11.8. The molecule has 0 bridgehead atoms. The average Bonchev–Trinajstić information content (AvgIpc) is 2.60. The highest BCUT2D eigenvalue weighted by atomic mass is 35.5. The van der Waals surface area contributed by atoms with Crippen LogP contribution in [-0.2, 0) is 4.79 Å².